The molecule has 1 aliphatic carbocycles. The maximum Gasteiger partial charge on any atom is 0.308 e. The third-order valence-electron chi connectivity index (χ3n) is 3.16. The van der Waals surface area contributed by atoms with Gasteiger partial charge >= 0.3 is 5.97 Å². The van der Waals surface area contributed by atoms with E-state index in [4.69, 9.17) is 9.84 Å². The van der Waals surface area contributed by atoms with Crippen LogP contribution in [0.3, 0.4) is 0 Å². The van der Waals surface area contributed by atoms with Gasteiger partial charge in [0.05, 0.1) is 17.9 Å². The molecule has 0 spiro atoms. The molecular formula is C13H17NO4S. The number of ether oxygens (including phenoxy) is 1. The van der Waals surface area contributed by atoms with Crippen LogP contribution in [0.4, 0.5) is 0 Å². The van der Waals surface area contributed by atoms with Gasteiger partial charge in [-0.25, -0.2) is 0 Å². The first-order valence-electron chi connectivity index (χ1n) is 6.19. The average molecular weight is 283 g/mol. The number of hydrogen-bond acceptors (Lipinski definition) is 4. The van der Waals surface area contributed by atoms with E-state index < -0.39 is 11.9 Å². The number of carbonyl (C=O) groups is 2. The topological polar surface area (TPSA) is 66.8 Å². The third-order valence-corrected chi connectivity index (χ3v) is 4.06. The highest BCUT2D eigenvalue weighted by atomic mass is 32.1. The van der Waals surface area contributed by atoms with Crippen molar-refractivity contribution in [2.75, 3.05) is 13.7 Å². The van der Waals surface area contributed by atoms with E-state index in [-0.39, 0.29) is 18.5 Å². The minimum absolute atomic E-state index is 0.0936. The number of thiophene rings is 1. The lowest BCUT2D eigenvalue weighted by Gasteiger charge is -2.23. The van der Waals surface area contributed by atoms with Crippen molar-refractivity contribution < 1.29 is 19.4 Å². The van der Waals surface area contributed by atoms with Gasteiger partial charge in [-0.15, -0.1) is 11.3 Å². The molecule has 19 heavy (non-hydrogen) atoms. The molecule has 1 N–H and O–H groups in total. The normalized spacial score (nSPS) is 15.9. The molecule has 0 saturated heterocycles. The van der Waals surface area contributed by atoms with Crippen molar-refractivity contribution in [3.8, 4) is 5.75 Å². The zero-order chi connectivity index (χ0) is 14.0. The summed E-state index contributed by atoms with van der Waals surface area (Å²) in [6.45, 7) is 1.89. The Morgan fingerprint density at radius 1 is 1.58 bits per heavy atom. The largest absolute Gasteiger partial charge is 0.496 e. The van der Waals surface area contributed by atoms with Crippen LogP contribution < -0.4 is 4.74 Å². The molecule has 1 unspecified atom stereocenters. The molecule has 1 aromatic heterocycles. The first-order valence-corrected chi connectivity index (χ1v) is 7.07. The molecule has 0 radical (unpaired) electrons. The van der Waals surface area contributed by atoms with Gasteiger partial charge in [0.15, 0.2) is 0 Å². The van der Waals surface area contributed by atoms with E-state index in [0.717, 1.165) is 12.8 Å². The van der Waals surface area contributed by atoms with Gasteiger partial charge in [0.2, 0.25) is 0 Å². The SMILES string of the molecule is COc1csc(C(=O)N(CC(C)C(=O)O)C2CC2)c1. The summed E-state index contributed by atoms with van der Waals surface area (Å²) in [5.74, 6) is -0.854. The smallest absolute Gasteiger partial charge is 0.308 e. The Morgan fingerprint density at radius 3 is 2.74 bits per heavy atom. The zero-order valence-electron chi connectivity index (χ0n) is 11.0. The van der Waals surface area contributed by atoms with Gasteiger partial charge < -0.3 is 14.7 Å². The van der Waals surface area contributed by atoms with Crippen molar-refractivity contribution in [2.45, 2.75) is 25.8 Å². The molecule has 0 aliphatic heterocycles. The van der Waals surface area contributed by atoms with E-state index in [2.05, 4.69) is 0 Å². The summed E-state index contributed by atoms with van der Waals surface area (Å²) < 4.78 is 5.07. The fourth-order valence-electron chi connectivity index (χ4n) is 1.84. The van der Waals surface area contributed by atoms with Gasteiger partial charge in [0.1, 0.15) is 5.75 Å². The molecule has 1 aromatic rings. The van der Waals surface area contributed by atoms with Crippen molar-refractivity contribution in [1.82, 2.24) is 4.90 Å². The van der Waals surface area contributed by atoms with Crippen molar-refractivity contribution in [3.63, 3.8) is 0 Å². The molecule has 1 saturated carbocycles. The second kappa shape index (κ2) is 5.61. The molecule has 0 bridgehead atoms. The van der Waals surface area contributed by atoms with E-state index in [0.29, 0.717) is 10.6 Å². The third kappa shape index (κ3) is 3.26. The monoisotopic (exact) mass is 283 g/mol. The van der Waals surface area contributed by atoms with Crippen LogP contribution in [0.25, 0.3) is 0 Å². The quantitative estimate of drug-likeness (QED) is 0.868. The number of carboxylic acid groups (broad SMARTS) is 1. The molecular weight excluding hydrogens is 266 g/mol. The second-order valence-corrected chi connectivity index (χ2v) is 5.69. The van der Waals surface area contributed by atoms with Gasteiger partial charge in [-0.2, -0.15) is 0 Å². The predicted octanol–water partition coefficient (Wildman–Crippen LogP) is 2.08. The summed E-state index contributed by atoms with van der Waals surface area (Å²) >= 11 is 1.33. The number of methoxy groups -OCH3 is 1. The highest BCUT2D eigenvalue weighted by Crippen LogP contribution is 2.31. The summed E-state index contributed by atoms with van der Waals surface area (Å²) in [5.41, 5.74) is 0. The Labute approximate surface area is 115 Å². The summed E-state index contributed by atoms with van der Waals surface area (Å²) in [7, 11) is 1.56. The first-order chi connectivity index (χ1) is 9.02. The van der Waals surface area contributed by atoms with Crippen molar-refractivity contribution in [1.29, 1.82) is 0 Å². The van der Waals surface area contributed by atoms with Crippen LogP contribution in [0.2, 0.25) is 0 Å². The fraction of sp³-hybridized carbons (Fsp3) is 0.538. The molecule has 6 heteroatoms. The fourth-order valence-corrected chi connectivity index (χ4v) is 2.65. The molecule has 1 atom stereocenters. The maximum atomic E-state index is 12.4. The highest BCUT2D eigenvalue weighted by molar-refractivity contribution is 7.12. The van der Waals surface area contributed by atoms with Crippen LogP contribution >= 0.6 is 11.3 Å². The summed E-state index contributed by atoms with van der Waals surface area (Å²) in [5, 5.41) is 10.7. The minimum atomic E-state index is -0.873. The number of carbonyl (C=O) groups excluding carboxylic acids is 1. The molecule has 104 valence electrons. The van der Waals surface area contributed by atoms with Crippen LogP contribution in [0.15, 0.2) is 11.4 Å². The Morgan fingerprint density at radius 2 is 2.26 bits per heavy atom. The van der Waals surface area contributed by atoms with E-state index in [9.17, 15) is 9.59 Å². The second-order valence-electron chi connectivity index (χ2n) is 4.78. The Bertz CT molecular complexity index is 481. The molecule has 1 fully saturated rings. The van der Waals surface area contributed by atoms with E-state index >= 15 is 0 Å². The first kappa shape index (κ1) is 13.9. The summed E-state index contributed by atoms with van der Waals surface area (Å²) in [6.07, 6.45) is 1.92. The number of hydrogen-bond donors (Lipinski definition) is 1. The van der Waals surface area contributed by atoms with E-state index in [1.54, 1.807) is 30.4 Å². The minimum Gasteiger partial charge on any atom is -0.496 e. The van der Waals surface area contributed by atoms with Crippen molar-refractivity contribution >= 4 is 23.2 Å². The van der Waals surface area contributed by atoms with Crippen molar-refractivity contribution in [3.05, 3.63) is 16.3 Å². The van der Waals surface area contributed by atoms with Gasteiger partial charge in [-0.05, 0) is 12.8 Å². The molecule has 1 aliphatic rings. The van der Waals surface area contributed by atoms with Crippen LogP contribution in [0.5, 0.6) is 5.75 Å². The van der Waals surface area contributed by atoms with Gasteiger partial charge in [0, 0.05) is 24.0 Å². The van der Waals surface area contributed by atoms with Crippen LogP contribution in [-0.2, 0) is 4.79 Å². The number of aliphatic carboxylic acids is 1. The number of rotatable bonds is 6. The summed E-state index contributed by atoms with van der Waals surface area (Å²) in [6, 6.07) is 1.90. The van der Waals surface area contributed by atoms with E-state index in [1.165, 1.54) is 11.3 Å². The highest BCUT2D eigenvalue weighted by Gasteiger charge is 2.35. The Balaban J connectivity index is 2.10. The Kier molecular flexibility index (Phi) is 4.09. The van der Waals surface area contributed by atoms with Gasteiger partial charge in [-0.3, -0.25) is 9.59 Å². The summed E-state index contributed by atoms with van der Waals surface area (Å²) in [4.78, 5) is 25.6. The number of carboxylic acids is 1. The van der Waals surface area contributed by atoms with E-state index in [1.807, 2.05) is 0 Å². The molecule has 5 nitrogen and oxygen atoms in total. The van der Waals surface area contributed by atoms with Crippen LogP contribution in [0.1, 0.15) is 29.4 Å². The van der Waals surface area contributed by atoms with Crippen LogP contribution in [-0.4, -0.2) is 41.6 Å². The average Bonchev–Trinajstić information content (AvgIpc) is 3.11. The standard InChI is InChI=1S/C13H17NO4S/c1-8(13(16)17)6-14(9-3-4-9)12(15)11-5-10(18-2)7-19-11/h5,7-9H,3-4,6H2,1-2H3,(H,16,17). The molecule has 1 heterocycles. The Hall–Kier alpha value is -1.56. The predicted molar refractivity (Wildman–Crippen MR) is 71.7 cm³/mol. The number of amides is 1. The lowest BCUT2D eigenvalue weighted by atomic mass is 10.1. The van der Waals surface area contributed by atoms with Crippen molar-refractivity contribution in [2.24, 2.45) is 5.92 Å². The lowest BCUT2D eigenvalue weighted by Crippen LogP contribution is -2.38. The molecule has 0 aromatic carbocycles. The zero-order valence-corrected chi connectivity index (χ0v) is 11.8. The lowest BCUT2D eigenvalue weighted by molar-refractivity contribution is -0.141. The number of nitrogens with zero attached hydrogens (tertiary/aromatic N) is 1. The van der Waals surface area contributed by atoms with Gasteiger partial charge in [0.25, 0.3) is 5.91 Å². The molecule has 1 amide bonds. The van der Waals surface area contributed by atoms with Crippen LogP contribution in [0, 0.1) is 5.92 Å². The maximum absolute atomic E-state index is 12.4. The van der Waals surface area contributed by atoms with Gasteiger partial charge in [-0.1, -0.05) is 6.92 Å². The molecule has 2 rings (SSSR count).